The van der Waals surface area contributed by atoms with Gasteiger partial charge in [-0.25, -0.2) is 0 Å². The van der Waals surface area contributed by atoms with Gasteiger partial charge in [0.2, 0.25) is 0 Å². The largest absolute Gasteiger partial charge is 0.432 e. The Morgan fingerprint density at radius 2 is 1.62 bits per heavy atom. The van der Waals surface area contributed by atoms with Gasteiger partial charge >= 0.3 is 6.61 Å². The molecule has 0 aromatic heterocycles. The van der Waals surface area contributed by atoms with Gasteiger partial charge in [0.05, 0.1) is 10.0 Å². The molecular weight excluding hydrogens is 319 g/mol. The van der Waals surface area contributed by atoms with Crippen LogP contribution in [0.4, 0.5) is 14.5 Å². The van der Waals surface area contributed by atoms with E-state index in [2.05, 4.69) is 23.9 Å². The molecule has 21 heavy (non-hydrogen) atoms. The highest BCUT2D eigenvalue weighted by Gasteiger charge is 2.24. The lowest BCUT2D eigenvalue weighted by Gasteiger charge is -2.32. The van der Waals surface area contributed by atoms with E-state index in [4.69, 9.17) is 23.2 Å². The van der Waals surface area contributed by atoms with Crippen LogP contribution in [0, 0.1) is 11.8 Å². The van der Waals surface area contributed by atoms with Crippen LogP contribution in [0.25, 0.3) is 0 Å². The summed E-state index contributed by atoms with van der Waals surface area (Å²) in [6.07, 6.45) is 3.39. The van der Waals surface area contributed by atoms with Crippen LogP contribution in [0.3, 0.4) is 0 Å². The first kappa shape index (κ1) is 16.6. The summed E-state index contributed by atoms with van der Waals surface area (Å²) < 4.78 is 28.9. The van der Waals surface area contributed by atoms with Crippen molar-refractivity contribution in [3.8, 4) is 5.75 Å². The molecule has 2 atom stereocenters. The van der Waals surface area contributed by atoms with Crippen molar-refractivity contribution in [2.24, 2.45) is 11.8 Å². The Morgan fingerprint density at radius 3 is 2.10 bits per heavy atom. The van der Waals surface area contributed by atoms with Crippen molar-refractivity contribution >= 4 is 28.9 Å². The predicted octanol–water partition coefficient (Wildman–Crippen LogP) is 5.83. The van der Waals surface area contributed by atoms with Gasteiger partial charge < -0.3 is 10.1 Å². The van der Waals surface area contributed by atoms with Crippen molar-refractivity contribution in [3.63, 3.8) is 0 Å². The maximum Gasteiger partial charge on any atom is 0.387 e. The van der Waals surface area contributed by atoms with Gasteiger partial charge in [-0.2, -0.15) is 8.78 Å². The van der Waals surface area contributed by atoms with Crippen LogP contribution in [-0.4, -0.2) is 12.7 Å². The summed E-state index contributed by atoms with van der Waals surface area (Å²) in [5.41, 5.74) is 0.734. The molecule has 0 saturated heterocycles. The molecule has 1 saturated carbocycles. The third-order valence-electron chi connectivity index (χ3n) is 3.75. The number of benzene rings is 1. The molecule has 1 aromatic rings. The van der Waals surface area contributed by atoms with Crippen LogP contribution in [-0.2, 0) is 0 Å². The number of nitrogens with one attached hydrogen (secondary N) is 1. The highest BCUT2D eigenvalue weighted by atomic mass is 35.5. The molecule has 118 valence electrons. The van der Waals surface area contributed by atoms with Crippen LogP contribution < -0.4 is 10.1 Å². The number of hydrogen-bond donors (Lipinski definition) is 1. The van der Waals surface area contributed by atoms with Crippen LogP contribution in [0.1, 0.15) is 33.1 Å². The van der Waals surface area contributed by atoms with Gasteiger partial charge in [0.25, 0.3) is 0 Å². The summed E-state index contributed by atoms with van der Waals surface area (Å²) in [6.45, 7) is 1.53. The zero-order valence-electron chi connectivity index (χ0n) is 12.0. The molecule has 0 spiro atoms. The van der Waals surface area contributed by atoms with Gasteiger partial charge in [-0.15, -0.1) is 0 Å². The fourth-order valence-corrected chi connectivity index (χ4v) is 3.72. The second-order valence-corrected chi connectivity index (χ2v) is 6.72. The lowest BCUT2D eigenvalue weighted by Crippen LogP contribution is -2.30. The first-order chi connectivity index (χ1) is 9.85. The third kappa shape index (κ3) is 4.62. The minimum atomic E-state index is -2.95. The first-order valence-corrected chi connectivity index (χ1v) is 7.81. The summed E-state index contributed by atoms with van der Waals surface area (Å²) in [5.74, 6) is 1.15. The molecule has 1 fully saturated rings. The minimum absolute atomic E-state index is 0.0854. The monoisotopic (exact) mass is 337 g/mol. The Morgan fingerprint density at radius 1 is 1.10 bits per heavy atom. The number of anilines is 1. The zero-order valence-corrected chi connectivity index (χ0v) is 13.5. The van der Waals surface area contributed by atoms with Gasteiger partial charge in [-0.3, -0.25) is 0 Å². The SMILES string of the molecule is CC1CC(C)CC(Nc2cc(Cl)c(OC(F)F)c(Cl)c2)C1. The Balaban J connectivity index is 2.10. The molecule has 0 aliphatic heterocycles. The second-order valence-electron chi connectivity index (χ2n) is 5.91. The van der Waals surface area contributed by atoms with Crippen molar-refractivity contribution < 1.29 is 13.5 Å². The first-order valence-electron chi connectivity index (χ1n) is 7.05. The number of ether oxygens (including phenoxy) is 1. The lowest BCUT2D eigenvalue weighted by molar-refractivity contribution is -0.0497. The van der Waals surface area contributed by atoms with Crippen LogP contribution in [0.2, 0.25) is 10.0 Å². The summed E-state index contributed by atoms with van der Waals surface area (Å²) >= 11 is 11.9. The number of alkyl halides is 2. The van der Waals surface area contributed by atoms with Gasteiger partial charge in [0.15, 0.2) is 5.75 Å². The zero-order chi connectivity index (χ0) is 15.6. The number of halogens is 4. The average molecular weight is 338 g/mol. The molecule has 0 amide bonds. The summed E-state index contributed by atoms with van der Waals surface area (Å²) in [6, 6.07) is 3.50. The third-order valence-corrected chi connectivity index (χ3v) is 4.32. The Hall–Kier alpha value is -0.740. The van der Waals surface area contributed by atoms with Crippen LogP contribution >= 0.6 is 23.2 Å². The highest BCUT2D eigenvalue weighted by Crippen LogP contribution is 2.38. The van der Waals surface area contributed by atoms with E-state index in [1.165, 1.54) is 6.42 Å². The molecule has 0 heterocycles. The van der Waals surface area contributed by atoms with Crippen LogP contribution in [0.15, 0.2) is 12.1 Å². The molecule has 2 rings (SSSR count). The lowest BCUT2D eigenvalue weighted by atomic mass is 9.80. The average Bonchev–Trinajstić information content (AvgIpc) is 2.32. The maximum absolute atomic E-state index is 12.3. The quantitative estimate of drug-likeness (QED) is 0.746. The number of rotatable bonds is 4. The van der Waals surface area contributed by atoms with E-state index < -0.39 is 6.61 Å². The fourth-order valence-electron chi connectivity index (χ4n) is 3.15. The van der Waals surface area contributed by atoms with Crippen molar-refractivity contribution in [1.29, 1.82) is 0 Å². The molecule has 1 aromatic carbocycles. The second kappa shape index (κ2) is 7.01. The normalized spacial score (nSPS) is 26.0. The number of hydrogen-bond acceptors (Lipinski definition) is 2. The maximum atomic E-state index is 12.3. The van der Waals surface area contributed by atoms with E-state index in [1.54, 1.807) is 12.1 Å². The highest BCUT2D eigenvalue weighted by molar-refractivity contribution is 6.37. The Labute approximate surface area is 133 Å². The molecular formula is C15H19Cl2F2NO. The van der Waals surface area contributed by atoms with Gasteiger partial charge in [-0.05, 0) is 43.2 Å². The Kier molecular flexibility index (Phi) is 5.55. The summed E-state index contributed by atoms with van der Waals surface area (Å²) in [5, 5.41) is 3.56. The van der Waals surface area contributed by atoms with Crippen molar-refractivity contribution in [2.45, 2.75) is 45.8 Å². The van der Waals surface area contributed by atoms with Crippen molar-refractivity contribution in [2.75, 3.05) is 5.32 Å². The van der Waals surface area contributed by atoms with E-state index in [1.807, 2.05) is 0 Å². The standard InChI is InChI=1S/C15H19Cl2F2NO/c1-8-3-9(2)5-10(4-8)20-11-6-12(16)14(13(17)7-11)21-15(18)19/h6-10,15,20H,3-5H2,1-2H3. The van der Waals surface area contributed by atoms with Crippen molar-refractivity contribution in [3.05, 3.63) is 22.2 Å². The summed E-state index contributed by atoms with van der Waals surface area (Å²) in [4.78, 5) is 0. The van der Waals surface area contributed by atoms with E-state index in [0.29, 0.717) is 17.9 Å². The summed E-state index contributed by atoms with van der Waals surface area (Å²) in [7, 11) is 0. The van der Waals surface area contributed by atoms with Gasteiger partial charge in [0.1, 0.15) is 0 Å². The van der Waals surface area contributed by atoms with E-state index in [-0.39, 0.29) is 15.8 Å². The van der Waals surface area contributed by atoms with E-state index in [0.717, 1.165) is 18.5 Å². The molecule has 1 aliphatic carbocycles. The Bertz CT molecular complexity index is 466. The van der Waals surface area contributed by atoms with Gasteiger partial charge in [0, 0.05) is 11.7 Å². The molecule has 1 N–H and O–H groups in total. The minimum Gasteiger partial charge on any atom is -0.432 e. The molecule has 2 nitrogen and oxygen atoms in total. The van der Waals surface area contributed by atoms with Crippen LogP contribution in [0.5, 0.6) is 5.75 Å². The predicted molar refractivity (Wildman–Crippen MR) is 82.7 cm³/mol. The van der Waals surface area contributed by atoms with Gasteiger partial charge in [-0.1, -0.05) is 37.0 Å². The molecule has 0 radical (unpaired) electrons. The van der Waals surface area contributed by atoms with E-state index >= 15 is 0 Å². The topological polar surface area (TPSA) is 21.3 Å². The fraction of sp³-hybridized carbons (Fsp3) is 0.600. The molecule has 2 unspecified atom stereocenters. The van der Waals surface area contributed by atoms with E-state index in [9.17, 15) is 8.78 Å². The smallest absolute Gasteiger partial charge is 0.387 e. The van der Waals surface area contributed by atoms with Crippen molar-refractivity contribution in [1.82, 2.24) is 0 Å². The molecule has 0 bridgehead atoms. The molecule has 6 heteroatoms. The molecule has 1 aliphatic rings.